The summed E-state index contributed by atoms with van der Waals surface area (Å²) in [7, 11) is 1.55. The van der Waals surface area contributed by atoms with Crippen LogP contribution in [0.4, 0.5) is 5.88 Å². The van der Waals surface area contributed by atoms with Gasteiger partial charge in [-0.2, -0.15) is 5.10 Å². The summed E-state index contributed by atoms with van der Waals surface area (Å²) >= 11 is 2.05. The summed E-state index contributed by atoms with van der Waals surface area (Å²) in [5, 5.41) is 14.1. The van der Waals surface area contributed by atoms with Crippen molar-refractivity contribution in [2.75, 3.05) is 7.11 Å². The molecule has 1 N–H and O–H groups in total. The van der Waals surface area contributed by atoms with Crippen molar-refractivity contribution in [3.8, 4) is 5.75 Å². The van der Waals surface area contributed by atoms with Crippen molar-refractivity contribution in [3.63, 3.8) is 0 Å². The van der Waals surface area contributed by atoms with Gasteiger partial charge >= 0.3 is 5.88 Å². The van der Waals surface area contributed by atoms with Crippen LogP contribution in [0.5, 0.6) is 5.75 Å². The molecule has 0 aliphatic rings. The smallest absolute Gasteiger partial charge is 0.433 e. The third-order valence-corrected chi connectivity index (χ3v) is 3.41. The van der Waals surface area contributed by atoms with E-state index in [1.165, 1.54) is 18.3 Å². The average molecular weight is 415 g/mol. The summed E-state index contributed by atoms with van der Waals surface area (Å²) in [4.78, 5) is 21.7. The molecule has 2 aromatic rings. The first kappa shape index (κ1) is 15.9. The van der Waals surface area contributed by atoms with Gasteiger partial charge in [0.25, 0.3) is 5.91 Å². The number of rotatable bonds is 5. The summed E-state index contributed by atoms with van der Waals surface area (Å²) in [5.74, 6) is 0.0233. The van der Waals surface area contributed by atoms with E-state index >= 15 is 0 Å². The van der Waals surface area contributed by atoms with Gasteiger partial charge in [-0.3, -0.25) is 14.9 Å². The van der Waals surface area contributed by atoms with Gasteiger partial charge in [-0.05, 0) is 46.9 Å². The number of nitrogens with zero attached hydrogens (tertiary/aromatic N) is 2. The molecule has 0 saturated heterocycles. The molecule has 0 unspecified atom stereocenters. The van der Waals surface area contributed by atoms with Crippen LogP contribution >= 0.6 is 22.6 Å². The number of amides is 1. The van der Waals surface area contributed by atoms with Crippen molar-refractivity contribution in [1.29, 1.82) is 0 Å². The molecule has 1 aromatic heterocycles. The van der Waals surface area contributed by atoms with Crippen LogP contribution in [0.15, 0.2) is 39.9 Å². The SMILES string of the molecule is COc1ccc(C(=O)NN=Cc2ccc([N+](=O)[O-])o2)cc1I. The predicted octanol–water partition coefficient (Wildman–Crippen LogP) is 2.56. The molecule has 8 nitrogen and oxygen atoms in total. The highest BCUT2D eigenvalue weighted by molar-refractivity contribution is 14.1. The van der Waals surface area contributed by atoms with E-state index in [-0.39, 0.29) is 5.76 Å². The van der Waals surface area contributed by atoms with Crippen molar-refractivity contribution >= 4 is 40.6 Å². The predicted molar refractivity (Wildman–Crippen MR) is 86.1 cm³/mol. The first-order chi connectivity index (χ1) is 10.5. The molecule has 1 heterocycles. The lowest BCUT2D eigenvalue weighted by molar-refractivity contribution is -0.402. The minimum Gasteiger partial charge on any atom is -0.496 e. The van der Waals surface area contributed by atoms with E-state index in [4.69, 9.17) is 9.15 Å². The lowest BCUT2D eigenvalue weighted by Gasteiger charge is -2.05. The number of benzene rings is 1. The second-order valence-corrected chi connectivity index (χ2v) is 5.14. The second kappa shape index (κ2) is 7.02. The van der Waals surface area contributed by atoms with Gasteiger partial charge in [0.15, 0.2) is 5.76 Å². The van der Waals surface area contributed by atoms with Gasteiger partial charge in [0.2, 0.25) is 0 Å². The fraction of sp³-hybridized carbons (Fsp3) is 0.0769. The maximum absolute atomic E-state index is 11.9. The third kappa shape index (κ3) is 3.81. The summed E-state index contributed by atoms with van der Waals surface area (Å²) in [6, 6.07) is 7.51. The Morgan fingerprint density at radius 2 is 2.23 bits per heavy atom. The normalized spacial score (nSPS) is 10.6. The number of hydrogen-bond acceptors (Lipinski definition) is 6. The molecule has 0 aliphatic carbocycles. The number of ether oxygens (including phenoxy) is 1. The number of nitrogens with one attached hydrogen (secondary N) is 1. The Kier molecular flexibility index (Phi) is 5.09. The Balaban J connectivity index is 2.01. The van der Waals surface area contributed by atoms with Crippen molar-refractivity contribution < 1.29 is 18.9 Å². The van der Waals surface area contributed by atoms with E-state index in [0.717, 1.165) is 3.57 Å². The molecule has 0 aliphatic heterocycles. The molecule has 0 atom stereocenters. The lowest BCUT2D eigenvalue weighted by atomic mass is 10.2. The van der Waals surface area contributed by atoms with Gasteiger partial charge in [-0.25, -0.2) is 5.43 Å². The van der Waals surface area contributed by atoms with E-state index in [1.54, 1.807) is 25.3 Å². The van der Waals surface area contributed by atoms with Crippen LogP contribution < -0.4 is 10.2 Å². The number of methoxy groups -OCH3 is 1. The highest BCUT2D eigenvalue weighted by Crippen LogP contribution is 2.21. The van der Waals surface area contributed by atoms with Gasteiger partial charge in [0, 0.05) is 5.56 Å². The molecular weight excluding hydrogens is 405 g/mol. The first-order valence-corrected chi connectivity index (χ1v) is 7.00. The van der Waals surface area contributed by atoms with Crippen LogP contribution in [0, 0.1) is 13.7 Å². The Labute approximate surface area is 138 Å². The van der Waals surface area contributed by atoms with Crippen LogP contribution in [0.25, 0.3) is 0 Å². The monoisotopic (exact) mass is 415 g/mol. The Bertz CT molecular complexity index is 741. The molecule has 0 fully saturated rings. The lowest BCUT2D eigenvalue weighted by Crippen LogP contribution is -2.17. The van der Waals surface area contributed by atoms with Crippen LogP contribution in [-0.4, -0.2) is 24.2 Å². The number of carbonyl (C=O) groups excluding carboxylic acids is 1. The van der Waals surface area contributed by atoms with Crippen LogP contribution in [-0.2, 0) is 0 Å². The number of furan rings is 1. The number of hydrazone groups is 1. The number of carbonyl (C=O) groups is 1. The van der Waals surface area contributed by atoms with E-state index in [1.807, 2.05) is 0 Å². The zero-order chi connectivity index (χ0) is 16.1. The molecule has 2 rings (SSSR count). The fourth-order valence-corrected chi connectivity index (χ4v) is 2.27. The van der Waals surface area contributed by atoms with E-state index in [9.17, 15) is 14.9 Å². The maximum atomic E-state index is 11.9. The Hall–Kier alpha value is -2.43. The molecule has 9 heteroatoms. The maximum Gasteiger partial charge on any atom is 0.433 e. The van der Waals surface area contributed by atoms with Gasteiger partial charge in [-0.1, -0.05) is 0 Å². The Morgan fingerprint density at radius 3 is 2.82 bits per heavy atom. The summed E-state index contributed by atoms with van der Waals surface area (Å²) < 4.78 is 10.8. The Morgan fingerprint density at radius 1 is 1.45 bits per heavy atom. The van der Waals surface area contributed by atoms with Crippen LogP contribution in [0.2, 0.25) is 0 Å². The minimum absolute atomic E-state index is 0.163. The van der Waals surface area contributed by atoms with Crippen LogP contribution in [0.1, 0.15) is 16.1 Å². The van der Waals surface area contributed by atoms with Crippen LogP contribution in [0.3, 0.4) is 0 Å². The average Bonchev–Trinajstić information content (AvgIpc) is 2.96. The first-order valence-electron chi connectivity index (χ1n) is 5.92. The van der Waals surface area contributed by atoms with Gasteiger partial charge in [-0.15, -0.1) is 0 Å². The topological polar surface area (TPSA) is 107 Å². The second-order valence-electron chi connectivity index (χ2n) is 3.98. The molecule has 0 bridgehead atoms. The summed E-state index contributed by atoms with van der Waals surface area (Å²) in [5.41, 5.74) is 2.72. The number of nitro groups is 1. The zero-order valence-corrected chi connectivity index (χ0v) is 13.4. The molecule has 0 spiro atoms. The van der Waals surface area contributed by atoms with Gasteiger partial charge < -0.3 is 9.15 Å². The van der Waals surface area contributed by atoms with Gasteiger partial charge in [0.05, 0.1) is 23.0 Å². The van der Waals surface area contributed by atoms with E-state index < -0.39 is 16.7 Å². The zero-order valence-electron chi connectivity index (χ0n) is 11.3. The molecule has 22 heavy (non-hydrogen) atoms. The van der Waals surface area contributed by atoms with E-state index in [0.29, 0.717) is 11.3 Å². The molecule has 114 valence electrons. The minimum atomic E-state index is -0.658. The molecule has 1 amide bonds. The number of halogens is 1. The quantitative estimate of drug-likeness (QED) is 0.350. The van der Waals surface area contributed by atoms with Crippen molar-refractivity contribution in [1.82, 2.24) is 5.43 Å². The van der Waals surface area contributed by atoms with Crippen molar-refractivity contribution in [2.24, 2.45) is 5.10 Å². The highest BCUT2D eigenvalue weighted by atomic mass is 127. The molecule has 1 aromatic carbocycles. The van der Waals surface area contributed by atoms with Crippen molar-refractivity contribution in [2.45, 2.75) is 0 Å². The fourth-order valence-electron chi connectivity index (χ4n) is 1.54. The molecule has 0 radical (unpaired) electrons. The molecular formula is C13H10IN3O5. The summed E-state index contributed by atoms with van der Waals surface area (Å²) in [6.45, 7) is 0. The van der Waals surface area contributed by atoms with Gasteiger partial charge in [0.1, 0.15) is 10.7 Å². The largest absolute Gasteiger partial charge is 0.496 e. The summed E-state index contributed by atoms with van der Waals surface area (Å²) in [6.07, 6.45) is 1.18. The standard InChI is InChI=1S/C13H10IN3O5/c1-21-11-4-2-8(6-10(11)14)13(18)16-15-7-9-3-5-12(22-9)17(19)20/h2-7H,1H3,(H,16,18). The molecule has 0 saturated carbocycles. The van der Waals surface area contributed by atoms with E-state index in [2.05, 4.69) is 33.1 Å². The third-order valence-electron chi connectivity index (χ3n) is 2.56. The number of hydrogen-bond donors (Lipinski definition) is 1. The van der Waals surface area contributed by atoms with Crippen molar-refractivity contribution in [3.05, 3.63) is 55.3 Å². The highest BCUT2D eigenvalue weighted by Gasteiger charge is 2.11.